The zero-order valence-electron chi connectivity index (χ0n) is 10.7. The Morgan fingerprint density at radius 1 is 1.53 bits per heavy atom. The van der Waals surface area contributed by atoms with Crippen molar-refractivity contribution in [1.29, 1.82) is 0 Å². The second kappa shape index (κ2) is 5.62. The van der Waals surface area contributed by atoms with Crippen molar-refractivity contribution in [3.05, 3.63) is 18.2 Å². The predicted molar refractivity (Wildman–Crippen MR) is 66.5 cm³/mol. The Hall–Kier alpha value is -0.910. The summed E-state index contributed by atoms with van der Waals surface area (Å²) in [6, 6.07) is 0.375. The maximum atomic E-state index is 5.91. The Morgan fingerprint density at radius 2 is 2.35 bits per heavy atom. The number of imidazole rings is 1. The first-order valence-electron chi connectivity index (χ1n) is 6.19. The molecule has 1 aliphatic heterocycles. The molecule has 96 valence electrons. The van der Waals surface area contributed by atoms with Crippen LogP contribution >= 0.6 is 0 Å². The fourth-order valence-electron chi connectivity index (χ4n) is 2.59. The van der Waals surface area contributed by atoms with Crippen LogP contribution in [0.15, 0.2) is 12.4 Å². The first-order chi connectivity index (χ1) is 8.26. The molecule has 0 saturated heterocycles. The minimum atomic E-state index is 0.375. The van der Waals surface area contributed by atoms with E-state index >= 15 is 0 Å². The first kappa shape index (κ1) is 12.5. The van der Waals surface area contributed by atoms with Crippen LogP contribution in [-0.4, -0.2) is 47.3 Å². The summed E-state index contributed by atoms with van der Waals surface area (Å²) in [7, 11) is 1.74. The van der Waals surface area contributed by atoms with Gasteiger partial charge in [0.25, 0.3) is 0 Å². The Kier molecular flexibility index (Phi) is 4.15. The van der Waals surface area contributed by atoms with Crippen LogP contribution in [0.25, 0.3) is 0 Å². The van der Waals surface area contributed by atoms with E-state index in [1.165, 1.54) is 0 Å². The lowest BCUT2D eigenvalue weighted by Crippen LogP contribution is -2.49. The number of aromatic nitrogens is 2. The summed E-state index contributed by atoms with van der Waals surface area (Å²) in [6.07, 6.45) is 3.91. The van der Waals surface area contributed by atoms with Crippen LogP contribution in [0, 0.1) is 5.92 Å². The molecule has 0 radical (unpaired) electrons. The van der Waals surface area contributed by atoms with E-state index in [0.717, 1.165) is 32.1 Å². The fourth-order valence-corrected chi connectivity index (χ4v) is 2.59. The quantitative estimate of drug-likeness (QED) is 0.802. The Balaban J connectivity index is 2.02. The maximum absolute atomic E-state index is 5.91. The van der Waals surface area contributed by atoms with Gasteiger partial charge in [-0.15, -0.1) is 0 Å². The van der Waals surface area contributed by atoms with Crippen LogP contribution in [0.4, 0.5) is 0 Å². The highest BCUT2D eigenvalue weighted by molar-refractivity contribution is 4.97. The largest absolute Gasteiger partial charge is 0.384 e. The summed E-state index contributed by atoms with van der Waals surface area (Å²) in [4.78, 5) is 6.80. The third-order valence-corrected chi connectivity index (χ3v) is 3.57. The SMILES string of the molecule is COCC(C)C(CN)N1CCn2ccnc2C1. The third-order valence-electron chi connectivity index (χ3n) is 3.57. The second-order valence-electron chi connectivity index (χ2n) is 4.74. The zero-order chi connectivity index (χ0) is 12.3. The summed E-state index contributed by atoms with van der Waals surface area (Å²) in [5, 5.41) is 0. The van der Waals surface area contributed by atoms with Gasteiger partial charge in [0.2, 0.25) is 0 Å². The van der Waals surface area contributed by atoms with E-state index in [9.17, 15) is 0 Å². The van der Waals surface area contributed by atoms with Crippen LogP contribution in [0.5, 0.6) is 0 Å². The molecule has 2 atom stereocenters. The number of hydrogen-bond acceptors (Lipinski definition) is 4. The molecule has 1 aliphatic rings. The fraction of sp³-hybridized carbons (Fsp3) is 0.750. The van der Waals surface area contributed by atoms with E-state index in [1.807, 2.05) is 12.4 Å². The van der Waals surface area contributed by atoms with Gasteiger partial charge in [-0.1, -0.05) is 6.92 Å². The molecule has 1 aromatic rings. The molecule has 0 saturated carbocycles. The molecule has 2 heterocycles. The molecular formula is C12H22N4O. The summed E-state index contributed by atoms with van der Waals surface area (Å²) in [6.45, 7) is 6.56. The molecule has 0 spiro atoms. The van der Waals surface area contributed by atoms with Crippen molar-refractivity contribution < 1.29 is 4.74 Å². The third kappa shape index (κ3) is 2.68. The predicted octanol–water partition coefficient (Wildman–Crippen LogP) is 0.309. The molecule has 2 N–H and O–H groups in total. The Labute approximate surface area is 103 Å². The lowest BCUT2D eigenvalue weighted by Gasteiger charge is -2.37. The molecule has 2 rings (SSSR count). The average molecular weight is 238 g/mol. The van der Waals surface area contributed by atoms with Crippen molar-refractivity contribution in [2.45, 2.75) is 26.1 Å². The van der Waals surface area contributed by atoms with Crippen molar-refractivity contribution >= 4 is 0 Å². The number of fused-ring (bicyclic) bond motifs is 1. The number of hydrogen-bond donors (Lipinski definition) is 1. The van der Waals surface area contributed by atoms with E-state index in [0.29, 0.717) is 18.5 Å². The van der Waals surface area contributed by atoms with E-state index in [2.05, 4.69) is 21.4 Å². The lowest BCUT2D eigenvalue weighted by atomic mass is 10.0. The monoisotopic (exact) mass is 238 g/mol. The molecule has 2 unspecified atom stereocenters. The first-order valence-corrected chi connectivity index (χ1v) is 6.19. The lowest BCUT2D eigenvalue weighted by molar-refractivity contribution is 0.0682. The number of nitrogens with zero attached hydrogens (tertiary/aromatic N) is 3. The minimum absolute atomic E-state index is 0.375. The topological polar surface area (TPSA) is 56.3 Å². The molecule has 1 aromatic heterocycles. The summed E-state index contributed by atoms with van der Waals surface area (Å²) < 4.78 is 7.44. The summed E-state index contributed by atoms with van der Waals surface area (Å²) >= 11 is 0. The normalized spacial score (nSPS) is 19.9. The van der Waals surface area contributed by atoms with Gasteiger partial charge in [-0.2, -0.15) is 0 Å². The Bertz CT molecular complexity index is 352. The van der Waals surface area contributed by atoms with Crippen molar-refractivity contribution in [2.75, 3.05) is 26.8 Å². The van der Waals surface area contributed by atoms with E-state index in [-0.39, 0.29) is 0 Å². The van der Waals surface area contributed by atoms with Gasteiger partial charge in [0.1, 0.15) is 5.82 Å². The molecule has 17 heavy (non-hydrogen) atoms. The van der Waals surface area contributed by atoms with E-state index < -0.39 is 0 Å². The van der Waals surface area contributed by atoms with Crippen molar-refractivity contribution in [3.8, 4) is 0 Å². The maximum Gasteiger partial charge on any atom is 0.122 e. The van der Waals surface area contributed by atoms with Crippen LogP contribution in [0.3, 0.4) is 0 Å². The van der Waals surface area contributed by atoms with Gasteiger partial charge >= 0.3 is 0 Å². The van der Waals surface area contributed by atoms with Gasteiger partial charge in [0, 0.05) is 45.2 Å². The van der Waals surface area contributed by atoms with Crippen molar-refractivity contribution in [2.24, 2.45) is 11.7 Å². The van der Waals surface area contributed by atoms with Crippen molar-refractivity contribution in [1.82, 2.24) is 14.5 Å². The molecule has 5 nitrogen and oxygen atoms in total. The zero-order valence-corrected chi connectivity index (χ0v) is 10.7. The molecule has 0 aliphatic carbocycles. The van der Waals surface area contributed by atoms with Gasteiger partial charge in [0.05, 0.1) is 13.2 Å². The highest BCUT2D eigenvalue weighted by atomic mass is 16.5. The number of methoxy groups -OCH3 is 1. The van der Waals surface area contributed by atoms with Gasteiger partial charge in [0.15, 0.2) is 0 Å². The Morgan fingerprint density at radius 3 is 3.06 bits per heavy atom. The summed E-state index contributed by atoms with van der Waals surface area (Å²) in [5.74, 6) is 1.59. The van der Waals surface area contributed by atoms with Gasteiger partial charge < -0.3 is 15.0 Å². The standard InChI is InChI=1S/C12H22N4O/c1-10(9-17-2)11(7-13)16-6-5-15-4-3-14-12(15)8-16/h3-4,10-11H,5-9,13H2,1-2H3. The van der Waals surface area contributed by atoms with Crippen LogP contribution in [-0.2, 0) is 17.8 Å². The van der Waals surface area contributed by atoms with Crippen LogP contribution in [0.2, 0.25) is 0 Å². The minimum Gasteiger partial charge on any atom is -0.384 e. The van der Waals surface area contributed by atoms with Crippen LogP contribution < -0.4 is 5.73 Å². The van der Waals surface area contributed by atoms with E-state index in [1.54, 1.807) is 7.11 Å². The van der Waals surface area contributed by atoms with Crippen LogP contribution in [0.1, 0.15) is 12.7 Å². The average Bonchev–Trinajstić information content (AvgIpc) is 2.77. The molecule has 0 amide bonds. The number of nitrogens with two attached hydrogens (primary N) is 1. The smallest absolute Gasteiger partial charge is 0.122 e. The molecular weight excluding hydrogens is 216 g/mol. The highest BCUT2D eigenvalue weighted by Gasteiger charge is 2.26. The van der Waals surface area contributed by atoms with Gasteiger partial charge in [-0.25, -0.2) is 4.98 Å². The number of rotatable bonds is 5. The van der Waals surface area contributed by atoms with E-state index in [4.69, 9.17) is 10.5 Å². The number of ether oxygens (including phenoxy) is 1. The van der Waals surface area contributed by atoms with Crippen molar-refractivity contribution in [3.63, 3.8) is 0 Å². The second-order valence-corrected chi connectivity index (χ2v) is 4.74. The molecule has 0 aromatic carbocycles. The highest BCUT2D eigenvalue weighted by Crippen LogP contribution is 2.17. The molecule has 0 bridgehead atoms. The molecule has 0 fully saturated rings. The molecule has 5 heteroatoms. The van der Waals surface area contributed by atoms with Gasteiger partial charge in [-0.3, -0.25) is 4.90 Å². The van der Waals surface area contributed by atoms with Gasteiger partial charge in [-0.05, 0) is 5.92 Å². The summed E-state index contributed by atoms with van der Waals surface area (Å²) in [5.41, 5.74) is 5.91.